The number of para-hydroxylation sites is 1. The fraction of sp³-hybridized carbons (Fsp3) is 0.316. The largest absolute Gasteiger partial charge is 0.417 e. The Morgan fingerprint density at radius 3 is 2.32 bits per heavy atom. The zero-order valence-corrected chi connectivity index (χ0v) is 14.7. The van der Waals surface area contributed by atoms with Gasteiger partial charge < -0.3 is 5.32 Å². The number of carbonyl (C=O) groups is 1. The highest BCUT2D eigenvalue weighted by Gasteiger charge is 2.35. The smallest absolute Gasteiger partial charge is 0.322 e. The van der Waals surface area contributed by atoms with Crippen LogP contribution in [0.3, 0.4) is 0 Å². The van der Waals surface area contributed by atoms with Gasteiger partial charge in [-0.3, -0.25) is 4.79 Å². The number of hydrogen-bond acceptors (Lipinski definition) is 1. The van der Waals surface area contributed by atoms with E-state index in [2.05, 4.69) is 5.32 Å². The normalized spacial score (nSPS) is 14.0. The number of nitrogens with one attached hydrogen (secondary N) is 1. The number of anilines is 1. The van der Waals surface area contributed by atoms with Gasteiger partial charge in [-0.05, 0) is 43.0 Å². The highest BCUT2D eigenvalue weighted by Crippen LogP contribution is 2.33. The van der Waals surface area contributed by atoms with Crippen molar-refractivity contribution in [2.75, 3.05) is 5.32 Å². The quantitative estimate of drug-likeness (QED) is 0.636. The molecule has 134 valence electrons. The van der Waals surface area contributed by atoms with Crippen LogP contribution < -0.4 is 5.32 Å². The Balaban J connectivity index is 2.31. The van der Waals surface area contributed by atoms with Crippen molar-refractivity contribution in [1.82, 2.24) is 0 Å². The molecule has 2 unspecified atom stereocenters. The molecule has 25 heavy (non-hydrogen) atoms. The number of rotatable bonds is 5. The summed E-state index contributed by atoms with van der Waals surface area (Å²) in [5, 5.41) is 2.56. The molecule has 0 saturated heterocycles. The van der Waals surface area contributed by atoms with Gasteiger partial charge >= 0.3 is 6.18 Å². The van der Waals surface area contributed by atoms with Crippen molar-refractivity contribution in [3.63, 3.8) is 0 Å². The predicted octanol–water partition coefficient (Wildman–Crippen LogP) is 6.08. The van der Waals surface area contributed by atoms with Crippen LogP contribution in [0.5, 0.6) is 0 Å². The van der Waals surface area contributed by atoms with Crippen LogP contribution in [0.15, 0.2) is 48.5 Å². The highest BCUT2D eigenvalue weighted by atomic mass is 35.5. The fourth-order valence-electron chi connectivity index (χ4n) is 2.77. The van der Waals surface area contributed by atoms with Crippen LogP contribution in [-0.4, -0.2) is 11.3 Å². The molecule has 0 aromatic heterocycles. The summed E-state index contributed by atoms with van der Waals surface area (Å²) in [6.45, 7) is 3.84. The molecule has 2 aromatic carbocycles. The molecule has 0 aliphatic rings. The third-order valence-electron chi connectivity index (χ3n) is 3.90. The number of amides is 1. The summed E-state index contributed by atoms with van der Waals surface area (Å²) in [7, 11) is 0. The van der Waals surface area contributed by atoms with Gasteiger partial charge in [-0.2, -0.15) is 13.2 Å². The molecule has 2 atom stereocenters. The van der Waals surface area contributed by atoms with Crippen LogP contribution in [-0.2, 0) is 6.18 Å². The van der Waals surface area contributed by atoms with E-state index in [1.807, 2.05) is 26.0 Å². The van der Waals surface area contributed by atoms with E-state index < -0.39 is 23.2 Å². The third kappa shape index (κ3) is 4.98. The summed E-state index contributed by atoms with van der Waals surface area (Å²) in [5.41, 5.74) is -0.0160. The maximum absolute atomic E-state index is 13.1. The summed E-state index contributed by atoms with van der Waals surface area (Å²) < 4.78 is 39.3. The summed E-state index contributed by atoms with van der Waals surface area (Å²) in [6, 6.07) is 11.8. The average molecular weight is 370 g/mol. The van der Waals surface area contributed by atoms with Gasteiger partial charge in [0.15, 0.2) is 0 Å². The minimum absolute atomic E-state index is 0.0512. The molecule has 0 saturated carbocycles. The Morgan fingerprint density at radius 2 is 1.68 bits per heavy atom. The number of carbonyl (C=O) groups excluding carboxylic acids is 1. The second-order valence-corrected chi connectivity index (χ2v) is 6.75. The van der Waals surface area contributed by atoms with E-state index in [0.717, 1.165) is 11.6 Å². The van der Waals surface area contributed by atoms with Gasteiger partial charge in [0, 0.05) is 11.1 Å². The van der Waals surface area contributed by atoms with E-state index in [1.54, 1.807) is 12.1 Å². The lowest BCUT2D eigenvalue weighted by molar-refractivity contribution is -0.137. The van der Waals surface area contributed by atoms with E-state index in [1.165, 1.54) is 18.2 Å². The van der Waals surface area contributed by atoms with E-state index >= 15 is 0 Å². The molecule has 0 fully saturated rings. The Hall–Kier alpha value is -2.01. The number of alkyl halides is 4. The van der Waals surface area contributed by atoms with E-state index in [-0.39, 0.29) is 11.3 Å². The van der Waals surface area contributed by atoms with Crippen LogP contribution in [0.1, 0.15) is 47.7 Å². The Kier molecular flexibility index (Phi) is 6.11. The predicted molar refractivity (Wildman–Crippen MR) is 94.2 cm³/mol. The standard InChI is InChI=1S/C19H19ClF3NO/c1-12(11-13(2)20)14-7-4-6-10-17(14)24-18(25)15-8-3-5-9-16(15)19(21,22)23/h3-10,12-13H,11H2,1-2H3,(H,24,25). The van der Waals surface area contributed by atoms with E-state index in [9.17, 15) is 18.0 Å². The van der Waals surface area contributed by atoms with E-state index in [4.69, 9.17) is 11.6 Å². The molecule has 0 spiro atoms. The van der Waals surface area contributed by atoms with Crippen LogP contribution >= 0.6 is 11.6 Å². The van der Waals surface area contributed by atoms with Crippen molar-refractivity contribution in [3.8, 4) is 0 Å². The summed E-state index contributed by atoms with van der Waals surface area (Å²) in [5.74, 6) is -0.728. The van der Waals surface area contributed by atoms with Gasteiger partial charge in [-0.1, -0.05) is 37.3 Å². The third-order valence-corrected chi connectivity index (χ3v) is 4.07. The van der Waals surface area contributed by atoms with Crippen LogP contribution in [0, 0.1) is 0 Å². The molecule has 0 aliphatic heterocycles. The molecule has 1 amide bonds. The molecule has 6 heteroatoms. The summed E-state index contributed by atoms with van der Waals surface area (Å²) in [4.78, 5) is 12.4. The van der Waals surface area contributed by atoms with Gasteiger partial charge in [0.25, 0.3) is 5.91 Å². The maximum atomic E-state index is 13.1. The molecular formula is C19H19ClF3NO. The Morgan fingerprint density at radius 1 is 1.08 bits per heavy atom. The first-order chi connectivity index (χ1) is 11.7. The van der Waals surface area contributed by atoms with Crippen molar-refractivity contribution in [3.05, 3.63) is 65.2 Å². The van der Waals surface area contributed by atoms with Crippen LogP contribution in [0.25, 0.3) is 0 Å². The first-order valence-corrected chi connectivity index (χ1v) is 8.34. The van der Waals surface area contributed by atoms with Crippen LogP contribution in [0.2, 0.25) is 0 Å². The number of hydrogen-bond donors (Lipinski definition) is 1. The zero-order chi connectivity index (χ0) is 18.6. The zero-order valence-electron chi connectivity index (χ0n) is 13.9. The lowest BCUT2D eigenvalue weighted by Gasteiger charge is -2.19. The van der Waals surface area contributed by atoms with Crippen LogP contribution in [0.4, 0.5) is 18.9 Å². The Bertz CT molecular complexity index is 743. The van der Waals surface area contributed by atoms with Gasteiger partial charge in [-0.15, -0.1) is 11.6 Å². The molecule has 0 bridgehead atoms. The number of halogens is 4. The first kappa shape index (κ1) is 19.3. The SMILES string of the molecule is CC(Cl)CC(C)c1ccccc1NC(=O)c1ccccc1C(F)(F)F. The second kappa shape index (κ2) is 7.91. The molecule has 0 radical (unpaired) electrons. The average Bonchev–Trinajstić information content (AvgIpc) is 2.54. The van der Waals surface area contributed by atoms with Gasteiger partial charge in [-0.25, -0.2) is 0 Å². The molecule has 2 aromatic rings. The molecule has 0 aliphatic carbocycles. The van der Waals surface area contributed by atoms with Crippen molar-refractivity contribution in [1.29, 1.82) is 0 Å². The molecule has 2 rings (SSSR count). The lowest BCUT2D eigenvalue weighted by Crippen LogP contribution is -2.19. The van der Waals surface area contributed by atoms with E-state index in [0.29, 0.717) is 12.1 Å². The van der Waals surface area contributed by atoms with Gasteiger partial charge in [0.05, 0.1) is 11.1 Å². The first-order valence-electron chi connectivity index (χ1n) is 7.90. The van der Waals surface area contributed by atoms with Gasteiger partial charge in [0.2, 0.25) is 0 Å². The Labute approximate surface area is 150 Å². The second-order valence-electron chi connectivity index (χ2n) is 6.00. The summed E-state index contributed by atoms with van der Waals surface area (Å²) >= 11 is 6.04. The molecule has 0 heterocycles. The fourth-order valence-corrected chi connectivity index (χ4v) is 3.04. The molecular weight excluding hydrogens is 351 g/mol. The topological polar surface area (TPSA) is 29.1 Å². The minimum Gasteiger partial charge on any atom is -0.322 e. The van der Waals surface area contributed by atoms with Crippen molar-refractivity contribution in [2.24, 2.45) is 0 Å². The lowest BCUT2D eigenvalue weighted by atomic mass is 9.94. The maximum Gasteiger partial charge on any atom is 0.417 e. The molecule has 2 nitrogen and oxygen atoms in total. The monoisotopic (exact) mass is 369 g/mol. The van der Waals surface area contributed by atoms with Crippen molar-refractivity contribution < 1.29 is 18.0 Å². The van der Waals surface area contributed by atoms with Crippen molar-refractivity contribution in [2.45, 2.75) is 37.7 Å². The minimum atomic E-state index is -4.59. The highest BCUT2D eigenvalue weighted by molar-refractivity contribution is 6.20. The number of benzene rings is 2. The van der Waals surface area contributed by atoms with Gasteiger partial charge in [0.1, 0.15) is 0 Å². The summed E-state index contributed by atoms with van der Waals surface area (Å²) in [6.07, 6.45) is -3.90. The molecule has 1 N–H and O–H groups in total. The van der Waals surface area contributed by atoms with Crippen molar-refractivity contribution >= 4 is 23.2 Å².